The van der Waals surface area contributed by atoms with Crippen molar-refractivity contribution in [3.63, 3.8) is 0 Å². The molecule has 2 aromatic carbocycles. The molecule has 1 aromatic heterocycles. The van der Waals surface area contributed by atoms with Gasteiger partial charge in [0.1, 0.15) is 5.75 Å². The van der Waals surface area contributed by atoms with Crippen LogP contribution in [0.25, 0.3) is 11.3 Å². The summed E-state index contributed by atoms with van der Waals surface area (Å²) in [5, 5.41) is 6.06. The SMILES string of the molecule is COc1ccccc1Nc1nc(-c2ccc3c(c2)C[C@@H](C)N3S(C)(=O)=O)cs1. The van der Waals surface area contributed by atoms with E-state index in [1.165, 1.54) is 21.9 Å². The lowest BCUT2D eigenvalue weighted by Gasteiger charge is -2.21. The molecule has 3 aromatic rings. The summed E-state index contributed by atoms with van der Waals surface area (Å²) in [6.07, 6.45) is 1.95. The number of sulfonamides is 1. The molecule has 1 aliphatic rings. The summed E-state index contributed by atoms with van der Waals surface area (Å²) in [4.78, 5) is 4.68. The lowest BCUT2D eigenvalue weighted by Crippen LogP contribution is -2.34. The van der Waals surface area contributed by atoms with Gasteiger partial charge in [-0.1, -0.05) is 18.2 Å². The van der Waals surface area contributed by atoms with E-state index < -0.39 is 10.0 Å². The van der Waals surface area contributed by atoms with Gasteiger partial charge in [-0.2, -0.15) is 0 Å². The van der Waals surface area contributed by atoms with Gasteiger partial charge in [0.25, 0.3) is 0 Å². The molecule has 4 rings (SSSR count). The summed E-state index contributed by atoms with van der Waals surface area (Å²) in [7, 11) is -1.64. The normalized spacial score (nSPS) is 16.1. The summed E-state index contributed by atoms with van der Waals surface area (Å²) in [5.74, 6) is 0.756. The summed E-state index contributed by atoms with van der Waals surface area (Å²) >= 11 is 1.51. The molecular weight excluding hydrogens is 394 g/mol. The lowest BCUT2D eigenvalue weighted by atomic mass is 10.1. The van der Waals surface area contributed by atoms with E-state index in [1.54, 1.807) is 7.11 Å². The standard InChI is InChI=1S/C20H21N3O3S2/c1-13-10-15-11-14(8-9-18(15)23(13)28(3,24)25)17-12-27-20(22-17)21-16-6-4-5-7-19(16)26-2/h4-9,11-13H,10H2,1-3H3,(H,21,22)/t13-/m1/s1. The Bertz CT molecular complexity index is 1130. The van der Waals surface area contributed by atoms with Gasteiger partial charge in [-0.3, -0.25) is 4.31 Å². The number of anilines is 3. The van der Waals surface area contributed by atoms with Gasteiger partial charge >= 0.3 is 0 Å². The van der Waals surface area contributed by atoms with Crippen molar-refractivity contribution in [3.05, 3.63) is 53.4 Å². The molecule has 1 N–H and O–H groups in total. The van der Waals surface area contributed by atoms with Crippen LogP contribution in [0.3, 0.4) is 0 Å². The van der Waals surface area contributed by atoms with Crippen LogP contribution >= 0.6 is 11.3 Å². The number of methoxy groups -OCH3 is 1. The predicted molar refractivity (Wildman–Crippen MR) is 114 cm³/mol. The molecule has 1 atom stereocenters. The fraction of sp³-hybridized carbons (Fsp3) is 0.250. The van der Waals surface area contributed by atoms with Crippen molar-refractivity contribution in [1.82, 2.24) is 4.98 Å². The maximum atomic E-state index is 12.1. The van der Waals surface area contributed by atoms with Crippen LogP contribution in [0.1, 0.15) is 12.5 Å². The van der Waals surface area contributed by atoms with Crippen LogP contribution in [0, 0.1) is 0 Å². The van der Waals surface area contributed by atoms with E-state index in [0.717, 1.165) is 39.1 Å². The first-order valence-corrected chi connectivity index (χ1v) is 11.6. The molecule has 0 spiro atoms. The molecule has 1 aliphatic heterocycles. The molecule has 0 radical (unpaired) electrons. The first kappa shape index (κ1) is 18.8. The molecule has 0 fully saturated rings. The topological polar surface area (TPSA) is 71.5 Å². The number of thiazole rings is 1. The number of aromatic nitrogens is 1. The summed E-state index contributed by atoms with van der Waals surface area (Å²) in [6, 6.07) is 13.5. The zero-order chi connectivity index (χ0) is 19.9. The van der Waals surface area contributed by atoms with E-state index in [0.29, 0.717) is 6.42 Å². The lowest BCUT2D eigenvalue weighted by molar-refractivity contribution is 0.417. The van der Waals surface area contributed by atoms with Crippen molar-refractivity contribution < 1.29 is 13.2 Å². The third-order valence-corrected chi connectivity index (χ3v) is 6.77. The maximum Gasteiger partial charge on any atom is 0.232 e. The van der Waals surface area contributed by atoms with Gasteiger partial charge in [-0.15, -0.1) is 11.3 Å². The van der Waals surface area contributed by atoms with Gasteiger partial charge in [0.2, 0.25) is 10.0 Å². The maximum absolute atomic E-state index is 12.1. The number of nitrogens with one attached hydrogen (secondary N) is 1. The van der Waals surface area contributed by atoms with E-state index in [-0.39, 0.29) is 6.04 Å². The highest BCUT2D eigenvalue weighted by Crippen LogP contribution is 2.38. The Morgan fingerprint density at radius 2 is 2.04 bits per heavy atom. The highest BCUT2D eigenvalue weighted by molar-refractivity contribution is 7.92. The molecule has 0 aliphatic carbocycles. The van der Waals surface area contributed by atoms with Gasteiger partial charge in [0.05, 0.1) is 30.4 Å². The van der Waals surface area contributed by atoms with Crippen molar-refractivity contribution in [3.8, 4) is 17.0 Å². The van der Waals surface area contributed by atoms with E-state index in [4.69, 9.17) is 4.74 Å². The van der Waals surface area contributed by atoms with E-state index in [2.05, 4.69) is 10.3 Å². The fourth-order valence-electron chi connectivity index (χ4n) is 3.59. The summed E-state index contributed by atoms with van der Waals surface area (Å²) < 4.78 is 31.0. The molecule has 146 valence electrons. The van der Waals surface area contributed by atoms with Crippen LogP contribution in [0.4, 0.5) is 16.5 Å². The number of nitrogens with zero attached hydrogens (tertiary/aromatic N) is 2. The first-order chi connectivity index (χ1) is 13.4. The molecule has 6 nitrogen and oxygen atoms in total. The van der Waals surface area contributed by atoms with Gasteiger partial charge in [0, 0.05) is 17.0 Å². The number of fused-ring (bicyclic) bond motifs is 1. The monoisotopic (exact) mass is 415 g/mol. The number of hydrogen-bond donors (Lipinski definition) is 1. The first-order valence-electron chi connectivity index (χ1n) is 8.85. The Labute approximate surface area is 168 Å². The smallest absolute Gasteiger partial charge is 0.232 e. The Morgan fingerprint density at radius 1 is 1.25 bits per heavy atom. The highest BCUT2D eigenvalue weighted by Gasteiger charge is 2.32. The van der Waals surface area contributed by atoms with Crippen LogP contribution in [0.15, 0.2) is 47.8 Å². The molecule has 0 saturated heterocycles. The molecule has 2 heterocycles. The van der Waals surface area contributed by atoms with E-state index >= 15 is 0 Å². The van der Waals surface area contributed by atoms with Crippen molar-refractivity contribution >= 4 is 37.9 Å². The zero-order valence-corrected chi connectivity index (χ0v) is 17.5. The van der Waals surface area contributed by atoms with Crippen molar-refractivity contribution in [1.29, 1.82) is 0 Å². The number of benzene rings is 2. The Kier molecular flexibility index (Phi) is 4.76. The Morgan fingerprint density at radius 3 is 2.79 bits per heavy atom. The Hall–Kier alpha value is -2.58. The van der Waals surface area contributed by atoms with Crippen molar-refractivity contribution in [2.24, 2.45) is 0 Å². The quantitative estimate of drug-likeness (QED) is 0.674. The summed E-state index contributed by atoms with van der Waals surface area (Å²) in [6.45, 7) is 1.93. The second kappa shape index (κ2) is 7.10. The van der Waals surface area contributed by atoms with Gasteiger partial charge in [-0.25, -0.2) is 13.4 Å². The van der Waals surface area contributed by atoms with E-state index in [1.807, 2.05) is 54.8 Å². The van der Waals surface area contributed by atoms with Crippen molar-refractivity contribution in [2.75, 3.05) is 23.0 Å². The fourth-order valence-corrected chi connectivity index (χ4v) is 5.59. The molecular formula is C20H21N3O3S2. The average molecular weight is 416 g/mol. The molecule has 28 heavy (non-hydrogen) atoms. The minimum Gasteiger partial charge on any atom is -0.495 e. The molecule has 0 amide bonds. The number of rotatable bonds is 5. The summed E-state index contributed by atoms with van der Waals surface area (Å²) in [5.41, 5.74) is 4.49. The van der Waals surface area contributed by atoms with Crippen molar-refractivity contribution in [2.45, 2.75) is 19.4 Å². The van der Waals surface area contributed by atoms with Gasteiger partial charge < -0.3 is 10.1 Å². The Balaban J connectivity index is 1.61. The minimum absolute atomic E-state index is 0.0709. The second-order valence-corrected chi connectivity index (χ2v) is 9.54. The van der Waals surface area contributed by atoms with Gasteiger partial charge in [0.15, 0.2) is 5.13 Å². The van der Waals surface area contributed by atoms with E-state index in [9.17, 15) is 8.42 Å². The number of para-hydroxylation sites is 2. The number of ether oxygens (including phenoxy) is 1. The molecule has 0 unspecified atom stereocenters. The van der Waals surface area contributed by atoms with Crippen LogP contribution in [-0.2, 0) is 16.4 Å². The van der Waals surface area contributed by atoms with Crippen LogP contribution < -0.4 is 14.4 Å². The molecule has 0 saturated carbocycles. The average Bonchev–Trinajstić information content (AvgIpc) is 3.24. The predicted octanol–water partition coefficient (Wildman–Crippen LogP) is 4.27. The van der Waals surface area contributed by atoms with Crippen LogP contribution in [0.5, 0.6) is 5.75 Å². The highest BCUT2D eigenvalue weighted by atomic mass is 32.2. The van der Waals surface area contributed by atoms with Crippen LogP contribution in [-0.4, -0.2) is 32.8 Å². The second-order valence-electron chi connectivity index (χ2n) is 6.82. The van der Waals surface area contributed by atoms with Gasteiger partial charge in [-0.05, 0) is 43.2 Å². The third-order valence-electron chi connectivity index (χ3n) is 4.74. The third kappa shape index (κ3) is 3.45. The van der Waals surface area contributed by atoms with Crippen LogP contribution in [0.2, 0.25) is 0 Å². The molecule has 8 heteroatoms. The minimum atomic E-state index is -3.28. The molecule has 0 bridgehead atoms. The number of hydrogen-bond acceptors (Lipinski definition) is 6. The largest absolute Gasteiger partial charge is 0.495 e. The zero-order valence-electron chi connectivity index (χ0n) is 15.8.